The molecule has 6 heteroatoms. The Labute approximate surface area is 177 Å². The highest BCUT2D eigenvalue weighted by Gasteiger charge is 2.11. The topological polar surface area (TPSA) is 63.6 Å². The van der Waals surface area contributed by atoms with Crippen molar-refractivity contribution in [1.82, 2.24) is 19.7 Å². The molecule has 0 unspecified atom stereocenters. The highest BCUT2D eigenvalue weighted by molar-refractivity contribution is 7.13. The summed E-state index contributed by atoms with van der Waals surface area (Å²) in [7, 11) is 0. The number of rotatable bonds is 5. The van der Waals surface area contributed by atoms with Gasteiger partial charge in [-0.2, -0.15) is 5.10 Å². The Balaban J connectivity index is 1.53. The predicted molar refractivity (Wildman–Crippen MR) is 122 cm³/mol. The normalized spacial score (nSPS) is 11.5. The monoisotopic (exact) mass is 410 g/mol. The highest BCUT2D eigenvalue weighted by Crippen LogP contribution is 2.28. The molecule has 5 aromatic rings. The number of thiophene rings is 1. The summed E-state index contributed by atoms with van der Waals surface area (Å²) in [4.78, 5) is 20.9. The summed E-state index contributed by atoms with van der Waals surface area (Å²) in [6.45, 7) is 0.682. The fourth-order valence-electron chi connectivity index (χ4n) is 3.34. The lowest BCUT2D eigenvalue weighted by Gasteiger charge is -2.00. The molecule has 0 saturated heterocycles. The smallest absolute Gasteiger partial charge is 0.274 e. The van der Waals surface area contributed by atoms with E-state index < -0.39 is 0 Å². The third kappa shape index (κ3) is 3.73. The van der Waals surface area contributed by atoms with Crippen molar-refractivity contribution in [3.8, 4) is 10.6 Å². The molecule has 0 saturated carbocycles. The van der Waals surface area contributed by atoms with E-state index in [-0.39, 0.29) is 5.56 Å². The number of hydrogen-bond acceptors (Lipinski definition) is 4. The van der Waals surface area contributed by atoms with Gasteiger partial charge in [-0.3, -0.25) is 9.48 Å². The number of H-pyrrole nitrogens is 1. The van der Waals surface area contributed by atoms with Crippen molar-refractivity contribution in [1.29, 1.82) is 0 Å². The summed E-state index contributed by atoms with van der Waals surface area (Å²) in [5.74, 6) is 0. The molecule has 146 valence electrons. The van der Waals surface area contributed by atoms with E-state index in [1.54, 1.807) is 17.4 Å². The summed E-state index contributed by atoms with van der Waals surface area (Å²) in [5, 5.41) is 6.84. The minimum absolute atomic E-state index is 0.209. The molecule has 0 spiro atoms. The average molecular weight is 411 g/mol. The van der Waals surface area contributed by atoms with Gasteiger partial charge in [-0.15, -0.1) is 11.3 Å². The number of para-hydroxylation sites is 2. The largest absolute Gasteiger partial charge is 0.319 e. The number of aromatic nitrogens is 4. The van der Waals surface area contributed by atoms with E-state index in [4.69, 9.17) is 5.10 Å². The number of benzene rings is 2. The molecule has 5 rings (SSSR count). The third-order valence-corrected chi connectivity index (χ3v) is 5.66. The van der Waals surface area contributed by atoms with Gasteiger partial charge in [0.1, 0.15) is 11.4 Å². The van der Waals surface area contributed by atoms with Crippen molar-refractivity contribution < 1.29 is 0 Å². The van der Waals surface area contributed by atoms with Crippen LogP contribution in [0.4, 0.5) is 0 Å². The molecule has 0 atom stereocenters. The SMILES string of the molecule is O=c1[nH]c2ccccc2nc1/C=C/c1cn(Cc2ccccc2)nc1-c1cccs1. The molecule has 3 aromatic heterocycles. The molecule has 0 aliphatic rings. The van der Waals surface area contributed by atoms with Gasteiger partial charge in [0.05, 0.1) is 22.5 Å². The van der Waals surface area contributed by atoms with Crippen LogP contribution in [0.3, 0.4) is 0 Å². The van der Waals surface area contributed by atoms with E-state index in [0.29, 0.717) is 12.2 Å². The molecule has 0 aliphatic carbocycles. The van der Waals surface area contributed by atoms with Gasteiger partial charge in [0.25, 0.3) is 5.56 Å². The van der Waals surface area contributed by atoms with Crippen LogP contribution in [0.25, 0.3) is 33.8 Å². The summed E-state index contributed by atoms with van der Waals surface area (Å²) < 4.78 is 1.93. The molecular formula is C24H18N4OS. The van der Waals surface area contributed by atoms with Gasteiger partial charge in [-0.05, 0) is 41.3 Å². The van der Waals surface area contributed by atoms with Crippen molar-refractivity contribution in [3.05, 3.63) is 105 Å². The van der Waals surface area contributed by atoms with Crippen molar-refractivity contribution in [2.45, 2.75) is 6.54 Å². The summed E-state index contributed by atoms with van der Waals surface area (Å²) in [6, 6.07) is 21.8. The van der Waals surface area contributed by atoms with Gasteiger partial charge in [0.15, 0.2) is 0 Å². The maximum Gasteiger partial charge on any atom is 0.274 e. The quantitative estimate of drug-likeness (QED) is 0.440. The Morgan fingerprint density at radius 3 is 2.63 bits per heavy atom. The maximum absolute atomic E-state index is 12.4. The van der Waals surface area contributed by atoms with Gasteiger partial charge in [-0.25, -0.2) is 4.98 Å². The van der Waals surface area contributed by atoms with Crippen LogP contribution in [-0.2, 0) is 6.54 Å². The van der Waals surface area contributed by atoms with Gasteiger partial charge in [0.2, 0.25) is 0 Å². The van der Waals surface area contributed by atoms with Gasteiger partial charge in [0, 0.05) is 11.8 Å². The average Bonchev–Trinajstić information content (AvgIpc) is 3.43. The molecule has 30 heavy (non-hydrogen) atoms. The number of aromatic amines is 1. The first-order valence-corrected chi connectivity index (χ1v) is 10.5. The Kier molecular flexibility index (Phi) is 4.83. The second-order valence-electron chi connectivity index (χ2n) is 6.90. The number of hydrogen-bond donors (Lipinski definition) is 1. The summed E-state index contributed by atoms with van der Waals surface area (Å²) >= 11 is 1.64. The third-order valence-electron chi connectivity index (χ3n) is 4.78. The van der Waals surface area contributed by atoms with Crippen molar-refractivity contribution in [2.75, 3.05) is 0 Å². The first-order chi connectivity index (χ1) is 14.8. The second-order valence-corrected chi connectivity index (χ2v) is 7.84. The van der Waals surface area contributed by atoms with Crippen molar-refractivity contribution in [3.63, 3.8) is 0 Å². The van der Waals surface area contributed by atoms with Crippen LogP contribution in [0.5, 0.6) is 0 Å². The van der Waals surface area contributed by atoms with Gasteiger partial charge >= 0.3 is 0 Å². The molecule has 3 heterocycles. The fraction of sp³-hybridized carbons (Fsp3) is 0.0417. The lowest BCUT2D eigenvalue weighted by molar-refractivity contribution is 0.689. The summed E-state index contributed by atoms with van der Waals surface area (Å²) in [6.07, 6.45) is 5.68. The van der Waals surface area contributed by atoms with Crippen molar-refractivity contribution >= 4 is 34.5 Å². The minimum atomic E-state index is -0.209. The minimum Gasteiger partial charge on any atom is -0.319 e. The lowest BCUT2D eigenvalue weighted by Crippen LogP contribution is -2.11. The van der Waals surface area contributed by atoms with E-state index in [2.05, 4.69) is 28.2 Å². The van der Waals surface area contributed by atoms with E-state index >= 15 is 0 Å². The second kappa shape index (κ2) is 7.93. The van der Waals surface area contributed by atoms with Crippen LogP contribution >= 0.6 is 11.3 Å². The summed E-state index contributed by atoms with van der Waals surface area (Å²) in [5.41, 5.74) is 4.68. The van der Waals surface area contributed by atoms with Crippen molar-refractivity contribution in [2.24, 2.45) is 0 Å². The first kappa shape index (κ1) is 18.3. The van der Waals surface area contributed by atoms with Crippen LogP contribution in [0, 0.1) is 0 Å². The number of nitrogens with zero attached hydrogens (tertiary/aromatic N) is 3. The Morgan fingerprint density at radius 1 is 0.967 bits per heavy atom. The van der Waals surface area contributed by atoms with E-state index in [1.807, 2.05) is 70.9 Å². The molecule has 1 N–H and O–H groups in total. The maximum atomic E-state index is 12.4. The first-order valence-electron chi connectivity index (χ1n) is 9.59. The molecular weight excluding hydrogens is 392 g/mol. The van der Waals surface area contributed by atoms with Crippen LogP contribution < -0.4 is 5.56 Å². The molecule has 0 fully saturated rings. The molecule has 5 nitrogen and oxygen atoms in total. The molecule has 0 bridgehead atoms. The standard InChI is InChI=1S/C24H18N4OS/c29-24-21(25-19-9-4-5-10-20(19)26-24)13-12-18-16-28(15-17-7-2-1-3-8-17)27-23(18)22-11-6-14-30-22/h1-14,16H,15H2,(H,26,29)/b13-12+. The molecule has 0 amide bonds. The number of nitrogens with one attached hydrogen (secondary N) is 1. The molecule has 0 radical (unpaired) electrons. The lowest BCUT2D eigenvalue weighted by atomic mass is 10.2. The van der Waals surface area contributed by atoms with E-state index in [0.717, 1.165) is 27.2 Å². The van der Waals surface area contributed by atoms with Gasteiger partial charge in [-0.1, -0.05) is 48.5 Å². The number of fused-ring (bicyclic) bond motifs is 1. The van der Waals surface area contributed by atoms with Crippen LogP contribution in [0.1, 0.15) is 16.8 Å². The van der Waals surface area contributed by atoms with E-state index in [9.17, 15) is 4.79 Å². The Bertz CT molecular complexity index is 1380. The molecule has 0 aliphatic heterocycles. The zero-order chi connectivity index (χ0) is 20.3. The van der Waals surface area contributed by atoms with E-state index in [1.165, 1.54) is 5.56 Å². The highest BCUT2D eigenvalue weighted by atomic mass is 32.1. The Morgan fingerprint density at radius 2 is 1.80 bits per heavy atom. The van der Waals surface area contributed by atoms with Crippen LogP contribution in [0.15, 0.2) is 83.1 Å². The predicted octanol–water partition coefficient (Wildman–Crippen LogP) is 5.07. The van der Waals surface area contributed by atoms with Crippen LogP contribution in [-0.4, -0.2) is 19.7 Å². The zero-order valence-corrected chi connectivity index (χ0v) is 16.8. The molecule has 2 aromatic carbocycles. The zero-order valence-electron chi connectivity index (χ0n) is 16.0. The fourth-order valence-corrected chi connectivity index (χ4v) is 4.07. The van der Waals surface area contributed by atoms with Gasteiger partial charge < -0.3 is 4.98 Å². The van der Waals surface area contributed by atoms with Crippen LogP contribution in [0.2, 0.25) is 0 Å². The Hall–Kier alpha value is -3.77.